The van der Waals surface area contributed by atoms with Crippen LogP contribution in [0.5, 0.6) is 0 Å². The first-order valence-electron chi connectivity index (χ1n) is 5.51. The molecule has 0 saturated heterocycles. The highest BCUT2D eigenvalue weighted by molar-refractivity contribution is 5.86. The Hall–Kier alpha value is -2.08. The lowest BCUT2D eigenvalue weighted by Crippen LogP contribution is -1.91. The molecule has 0 unspecified atom stereocenters. The van der Waals surface area contributed by atoms with Gasteiger partial charge in [-0.25, -0.2) is 0 Å². The Morgan fingerprint density at radius 1 is 1.06 bits per heavy atom. The van der Waals surface area contributed by atoms with Crippen LogP contribution >= 0.6 is 0 Å². The van der Waals surface area contributed by atoms with Gasteiger partial charge in [-0.05, 0) is 29.2 Å². The number of rotatable bonds is 5. The fraction of sp³-hybridized carbons (Fsp3) is 0.111. The summed E-state index contributed by atoms with van der Waals surface area (Å²) in [6.45, 7) is 17.6. The minimum atomic E-state index is 0. The fourth-order valence-electron chi connectivity index (χ4n) is 1.69. The summed E-state index contributed by atoms with van der Waals surface area (Å²) >= 11 is 0. The quantitative estimate of drug-likeness (QED) is 0.580. The molecule has 0 aliphatic rings. The molecule has 0 aromatic heterocycles. The van der Waals surface area contributed by atoms with Gasteiger partial charge in [0.1, 0.15) is 0 Å². The van der Waals surface area contributed by atoms with Crippen LogP contribution in [0.25, 0.3) is 11.1 Å². The molecule has 0 N–H and O–H groups in total. The molecule has 0 heterocycles. The predicted molar refractivity (Wildman–Crippen MR) is 85.4 cm³/mol. The van der Waals surface area contributed by atoms with Crippen molar-refractivity contribution in [2.45, 2.75) is 14.4 Å². The second-order valence-electron chi connectivity index (χ2n) is 3.87. The lowest BCUT2D eigenvalue weighted by molar-refractivity contribution is 1.51. The highest BCUT2D eigenvalue weighted by Crippen LogP contribution is 2.28. The van der Waals surface area contributed by atoms with Crippen molar-refractivity contribution in [2.75, 3.05) is 0 Å². The summed E-state index contributed by atoms with van der Waals surface area (Å²) in [5.74, 6) is 0. The van der Waals surface area contributed by atoms with Crippen LogP contribution in [-0.4, -0.2) is 0 Å². The lowest BCUT2D eigenvalue weighted by atomic mass is 9.92. The highest BCUT2D eigenvalue weighted by Gasteiger charge is 2.07. The van der Waals surface area contributed by atoms with E-state index in [1.807, 2.05) is 31.2 Å². The normalized spacial score (nSPS) is 10.2. The lowest BCUT2D eigenvalue weighted by Gasteiger charge is -2.12. The summed E-state index contributed by atoms with van der Waals surface area (Å²) < 4.78 is 0. The predicted octanol–water partition coefficient (Wildman–Crippen LogP) is 5.67. The van der Waals surface area contributed by atoms with E-state index in [4.69, 9.17) is 0 Å². The maximum atomic E-state index is 4.13. The summed E-state index contributed by atoms with van der Waals surface area (Å²) in [6, 6.07) is 8.11. The first-order chi connectivity index (χ1) is 8.11. The first-order valence-corrected chi connectivity index (χ1v) is 5.51. The van der Waals surface area contributed by atoms with Gasteiger partial charge in [-0.3, -0.25) is 0 Å². The van der Waals surface area contributed by atoms with Crippen LogP contribution in [0.1, 0.15) is 25.5 Å². The van der Waals surface area contributed by atoms with Crippen LogP contribution in [0.2, 0.25) is 0 Å². The van der Waals surface area contributed by atoms with Gasteiger partial charge >= 0.3 is 0 Å². The molecule has 0 spiro atoms. The SMILES string of the molecule is C.C=C/C=C(\C=C)C(=C)c1ccccc1C(=C)C. The number of allylic oxidation sites excluding steroid dienone is 6. The van der Waals surface area contributed by atoms with E-state index >= 15 is 0 Å². The van der Waals surface area contributed by atoms with E-state index in [1.54, 1.807) is 12.2 Å². The molecule has 0 heteroatoms. The van der Waals surface area contributed by atoms with Crippen LogP contribution in [-0.2, 0) is 0 Å². The molecule has 0 aliphatic carbocycles. The molecular weight excluding hydrogens is 216 g/mol. The van der Waals surface area contributed by atoms with E-state index in [9.17, 15) is 0 Å². The van der Waals surface area contributed by atoms with Gasteiger partial charge in [-0.2, -0.15) is 0 Å². The Balaban J connectivity index is 0.00000289. The van der Waals surface area contributed by atoms with Gasteiger partial charge < -0.3 is 0 Å². The van der Waals surface area contributed by atoms with E-state index in [2.05, 4.69) is 32.4 Å². The van der Waals surface area contributed by atoms with Crippen molar-refractivity contribution in [2.24, 2.45) is 0 Å². The summed E-state index contributed by atoms with van der Waals surface area (Å²) in [6.07, 6.45) is 5.44. The summed E-state index contributed by atoms with van der Waals surface area (Å²) in [4.78, 5) is 0. The molecule has 0 amide bonds. The van der Waals surface area contributed by atoms with Gasteiger partial charge in [0.15, 0.2) is 0 Å². The Morgan fingerprint density at radius 2 is 1.61 bits per heavy atom. The van der Waals surface area contributed by atoms with Crippen molar-refractivity contribution < 1.29 is 0 Å². The van der Waals surface area contributed by atoms with Crippen LogP contribution in [0.15, 0.2) is 74.4 Å². The van der Waals surface area contributed by atoms with Crippen LogP contribution in [0, 0.1) is 0 Å². The number of hydrogen-bond acceptors (Lipinski definition) is 0. The molecule has 1 aromatic rings. The standard InChI is InChI=1S/C17H18.CH4/c1-6-10-15(7-2)14(5)17-12-9-8-11-16(17)13(3)4;/h6-12H,1-3,5H2,4H3;1H4/b15-10+;. The zero-order chi connectivity index (χ0) is 12.8. The summed E-state index contributed by atoms with van der Waals surface area (Å²) in [5, 5.41) is 0. The number of benzene rings is 1. The molecule has 18 heavy (non-hydrogen) atoms. The molecule has 0 bridgehead atoms. The van der Waals surface area contributed by atoms with E-state index in [0.717, 1.165) is 27.8 Å². The van der Waals surface area contributed by atoms with Gasteiger partial charge in [0.2, 0.25) is 0 Å². The van der Waals surface area contributed by atoms with Gasteiger partial charge in [0.05, 0.1) is 0 Å². The Kier molecular flexibility index (Phi) is 6.44. The van der Waals surface area contributed by atoms with Crippen molar-refractivity contribution in [1.82, 2.24) is 0 Å². The molecule has 1 aromatic carbocycles. The van der Waals surface area contributed by atoms with Crippen molar-refractivity contribution in [3.05, 3.63) is 85.5 Å². The topological polar surface area (TPSA) is 0 Å². The summed E-state index contributed by atoms with van der Waals surface area (Å²) in [7, 11) is 0. The van der Waals surface area contributed by atoms with Gasteiger partial charge in [0, 0.05) is 0 Å². The molecule has 94 valence electrons. The maximum Gasteiger partial charge on any atom is -0.0109 e. The highest BCUT2D eigenvalue weighted by atomic mass is 14.1. The Bertz CT molecular complexity index is 499. The minimum absolute atomic E-state index is 0. The van der Waals surface area contributed by atoms with Crippen molar-refractivity contribution in [3.8, 4) is 0 Å². The molecular formula is C18H22. The van der Waals surface area contributed by atoms with E-state index in [1.165, 1.54) is 0 Å². The fourth-order valence-corrected chi connectivity index (χ4v) is 1.69. The van der Waals surface area contributed by atoms with Gasteiger partial charge in [-0.15, -0.1) is 0 Å². The molecule has 0 radical (unpaired) electrons. The third-order valence-electron chi connectivity index (χ3n) is 2.58. The van der Waals surface area contributed by atoms with E-state index < -0.39 is 0 Å². The molecule has 0 saturated carbocycles. The zero-order valence-electron chi connectivity index (χ0n) is 10.4. The van der Waals surface area contributed by atoms with Crippen LogP contribution < -0.4 is 0 Å². The van der Waals surface area contributed by atoms with E-state index in [0.29, 0.717) is 0 Å². The third kappa shape index (κ3) is 3.46. The van der Waals surface area contributed by atoms with E-state index in [-0.39, 0.29) is 7.43 Å². The van der Waals surface area contributed by atoms with Crippen molar-refractivity contribution >= 4 is 11.1 Å². The van der Waals surface area contributed by atoms with Crippen LogP contribution in [0.4, 0.5) is 0 Å². The molecule has 0 nitrogen and oxygen atoms in total. The molecule has 0 aliphatic heterocycles. The third-order valence-corrected chi connectivity index (χ3v) is 2.58. The Morgan fingerprint density at radius 3 is 2.06 bits per heavy atom. The largest absolute Gasteiger partial charge is 0.0990 e. The van der Waals surface area contributed by atoms with Crippen molar-refractivity contribution in [3.63, 3.8) is 0 Å². The average molecular weight is 238 g/mol. The van der Waals surface area contributed by atoms with Gasteiger partial charge in [-0.1, -0.05) is 81.8 Å². The molecule has 0 atom stereocenters. The van der Waals surface area contributed by atoms with Gasteiger partial charge in [0.25, 0.3) is 0 Å². The average Bonchev–Trinajstić information content (AvgIpc) is 2.35. The zero-order valence-corrected chi connectivity index (χ0v) is 10.4. The van der Waals surface area contributed by atoms with Crippen molar-refractivity contribution in [1.29, 1.82) is 0 Å². The summed E-state index contributed by atoms with van der Waals surface area (Å²) in [5.41, 5.74) is 5.17. The maximum absolute atomic E-state index is 4.13. The number of hydrogen-bond donors (Lipinski definition) is 0. The second-order valence-corrected chi connectivity index (χ2v) is 3.87. The minimum Gasteiger partial charge on any atom is -0.0990 e. The second kappa shape index (κ2) is 7.29. The monoisotopic (exact) mass is 238 g/mol. The molecule has 1 rings (SSSR count). The molecule has 0 fully saturated rings. The first kappa shape index (κ1) is 15.9. The van der Waals surface area contributed by atoms with Crippen LogP contribution in [0.3, 0.4) is 0 Å². The smallest absolute Gasteiger partial charge is 0.0109 e. The Labute approximate surface area is 111 Å².